The molecule has 0 aliphatic carbocycles. The molecule has 13 heavy (non-hydrogen) atoms. The first-order chi connectivity index (χ1) is 6.36. The maximum absolute atomic E-state index is 5.35. The van der Waals surface area contributed by atoms with Crippen LogP contribution >= 0.6 is 0 Å². The number of ether oxygens (including phenoxy) is 4. The molecular formula is C9H18O4. The monoisotopic (exact) mass is 190 g/mol. The lowest BCUT2D eigenvalue weighted by molar-refractivity contribution is -0.167. The van der Waals surface area contributed by atoms with Crippen LogP contribution in [0.2, 0.25) is 0 Å². The molecule has 1 rings (SSSR count). The highest BCUT2D eigenvalue weighted by Crippen LogP contribution is 2.09. The third-order valence-electron chi connectivity index (χ3n) is 1.67. The van der Waals surface area contributed by atoms with Gasteiger partial charge in [-0.3, -0.25) is 0 Å². The first-order valence-corrected chi connectivity index (χ1v) is 4.79. The summed E-state index contributed by atoms with van der Waals surface area (Å²) < 4.78 is 20.9. The van der Waals surface area contributed by atoms with E-state index in [4.69, 9.17) is 18.9 Å². The highest BCUT2D eigenvalue weighted by Gasteiger charge is 2.22. The Morgan fingerprint density at radius 2 is 1.92 bits per heavy atom. The second kappa shape index (κ2) is 6.32. The molecule has 0 aromatic rings. The van der Waals surface area contributed by atoms with Crippen LogP contribution in [0, 0.1) is 0 Å². The van der Waals surface area contributed by atoms with Crippen LogP contribution in [0.5, 0.6) is 0 Å². The molecule has 0 bridgehead atoms. The van der Waals surface area contributed by atoms with E-state index < -0.39 is 0 Å². The lowest BCUT2D eigenvalue weighted by Gasteiger charge is -2.16. The van der Waals surface area contributed by atoms with Gasteiger partial charge in [-0.05, 0) is 13.8 Å². The average molecular weight is 190 g/mol. The van der Waals surface area contributed by atoms with Crippen molar-refractivity contribution < 1.29 is 18.9 Å². The SMILES string of the molecule is CCOC(COCC1CO1)OCC. The van der Waals surface area contributed by atoms with Gasteiger partial charge in [0.05, 0.1) is 19.8 Å². The van der Waals surface area contributed by atoms with Crippen LogP contribution in [0.3, 0.4) is 0 Å². The van der Waals surface area contributed by atoms with Crippen molar-refractivity contribution in [1.82, 2.24) is 0 Å². The second-order valence-electron chi connectivity index (χ2n) is 2.83. The zero-order valence-corrected chi connectivity index (χ0v) is 8.32. The summed E-state index contributed by atoms with van der Waals surface area (Å²) in [5, 5.41) is 0. The average Bonchev–Trinajstić information content (AvgIpc) is 2.89. The van der Waals surface area contributed by atoms with E-state index in [0.29, 0.717) is 32.5 Å². The number of hydrogen-bond donors (Lipinski definition) is 0. The maximum atomic E-state index is 5.35. The summed E-state index contributed by atoms with van der Waals surface area (Å²) in [7, 11) is 0. The fourth-order valence-electron chi connectivity index (χ4n) is 0.976. The van der Waals surface area contributed by atoms with Crippen LogP contribution in [0.15, 0.2) is 0 Å². The predicted octanol–water partition coefficient (Wildman–Crippen LogP) is 0.801. The summed E-state index contributed by atoms with van der Waals surface area (Å²) in [6.45, 7) is 7.14. The Labute approximate surface area is 79.1 Å². The summed E-state index contributed by atoms with van der Waals surface area (Å²) in [6.07, 6.45) is 0.0812. The minimum Gasteiger partial charge on any atom is -0.373 e. The summed E-state index contributed by atoms with van der Waals surface area (Å²) in [5.74, 6) is 0. The van der Waals surface area contributed by atoms with E-state index in [-0.39, 0.29) is 6.29 Å². The van der Waals surface area contributed by atoms with Gasteiger partial charge < -0.3 is 18.9 Å². The van der Waals surface area contributed by atoms with E-state index >= 15 is 0 Å². The summed E-state index contributed by atoms with van der Waals surface area (Å²) in [6, 6.07) is 0. The van der Waals surface area contributed by atoms with E-state index in [0.717, 1.165) is 6.61 Å². The molecule has 0 aromatic heterocycles. The molecule has 0 N–H and O–H groups in total. The topological polar surface area (TPSA) is 40.2 Å². The Hall–Kier alpha value is -0.160. The van der Waals surface area contributed by atoms with Gasteiger partial charge in [-0.15, -0.1) is 0 Å². The molecule has 1 saturated heterocycles. The second-order valence-corrected chi connectivity index (χ2v) is 2.83. The van der Waals surface area contributed by atoms with Gasteiger partial charge in [0.2, 0.25) is 0 Å². The number of rotatable bonds is 8. The third-order valence-corrected chi connectivity index (χ3v) is 1.67. The van der Waals surface area contributed by atoms with Gasteiger partial charge in [-0.2, -0.15) is 0 Å². The molecular weight excluding hydrogens is 172 g/mol. The third kappa shape index (κ3) is 5.21. The lowest BCUT2D eigenvalue weighted by atomic mass is 10.5. The highest BCUT2D eigenvalue weighted by molar-refractivity contribution is 4.67. The molecule has 4 nitrogen and oxygen atoms in total. The fourth-order valence-corrected chi connectivity index (χ4v) is 0.976. The molecule has 0 amide bonds. The van der Waals surface area contributed by atoms with Crippen LogP contribution < -0.4 is 0 Å². The van der Waals surface area contributed by atoms with Gasteiger partial charge in [0, 0.05) is 13.2 Å². The molecule has 1 fully saturated rings. The van der Waals surface area contributed by atoms with Crippen LogP contribution in [0.4, 0.5) is 0 Å². The van der Waals surface area contributed by atoms with E-state index in [2.05, 4.69) is 0 Å². The molecule has 4 heteroatoms. The Balaban J connectivity index is 1.98. The molecule has 1 atom stereocenters. The van der Waals surface area contributed by atoms with Gasteiger partial charge in [0.1, 0.15) is 6.10 Å². The van der Waals surface area contributed by atoms with Crippen molar-refractivity contribution in [3.63, 3.8) is 0 Å². The van der Waals surface area contributed by atoms with Crippen LogP contribution in [0.25, 0.3) is 0 Å². The molecule has 78 valence electrons. The molecule has 1 heterocycles. The van der Waals surface area contributed by atoms with Crippen LogP contribution in [0.1, 0.15) is 13.8 Å². The standard InChI is InChI=1S/C9H18O4/c1-3-11-9(12-4-2)7-10-5-8-6-13-8/h8-9H,3-7H2,1-2H3. The van der Waals surface area contributed by atoms with Gasteiger partial charge in [-0.25, -0.2) is 0 Å². The molecule has 1 aliphatic heterocycles. The summed E-state index contributed by atoms with van der Waals surface area (Å²) in [4.78, 5) is 0. The van der Waals surface area contributed by atoms with Crippen molar-refractivity contribution in [2.45, 2.75) is 26.2 Å². The Kier molecular flexibility index (Phi) is 5.31. The van der Waals surface area contributed by atoms with Crippen molar-refractivity contribution in [1.29, 1.82) is 0 Å². The molecule has 1 aliphatic rings. The fraction of sp³-hybridized carbons (Fsp3) is 1.00. The van der Waals surface area contributed by atoms with Gasteiger partial charge >= 0.3 is 0 Å². The zero-order valence-electron chi connectivity index (χ0n) is 8.32. The first-order valence-electron chi connectivity index (χ1n) is 4.79. The van der Waals surface area contributed by atoms with Gasteiger partial charge in [-0.1, -0.05) is 0 Å². The quantitative estimate of drug-likeness (QED) is 0.419. The van der Waals surface area contributed by atoms with Crippen LogP contribution in [-0.2, 0) is 18.9 Å². The Bertz CT molecular complexity index is 119. The van der Waals surface area contributed by atoms with Crippen molar-refractivity contribution in [3.8, 4) is 0 Å². The predicted molar refractivity (Wildman–Crippen MR) is 47.6 cm³/mol. The summed E-state index contributed by atoms with van der Waals surface area (Å²) in [5.41, 5.74) is 0. The zero-order chi connectivity index (χ0) is 9.52. The normalized spacial score (nSPS) is 21.0. The van der Waals surface area contributed by atoms with Crippen molar-refractivity contribution in [3.05, 3.63) is 0 Å². The van der Waals surface area contributed by atoms with E-state index in [1.807, 2.05) is 13.8 Å². The van der Waals surface area contributed by atoms with E-state index in [1.54, 1.807) is 0 Å². The highest BCUT2D eigenvalue weighted by atomic mass is 16.7. The smallest absolute Gasteiger partial charge is 0.180 e. The molecule has 0 aromatic carbocycles. The Morgan fingerprint density at radius 3 is 2.38 bits per heavy atom. The van der Waals surface area contributed by atoms with E-state index in [1.165, 1.54) is 0 Å². The first kappa shape index (κ1) is 10.9. The Morgan fingerprint density at radius 1 is 1.31 bits per heavy atom. The molecule has 0 saturated carbocycles. The maximum Gasteiger partial charge on any atom is 0.180 e. The van der Waals surface area contributed by atoms with Gasteiger partial charge in [0.15, 0.2) is 6.29 Å². The van der Waals surface area contributed by atoms with Gasteiger partial charge in [0.25, 0.3) is 0 Å². The summed E-state index contributed by atoms with van der Waals surface area (Å²) >= 11 is 0. The van der Waals surface area contributed by atoms with Crippen molar-refractivity contribution in [2.75, 3.05) is 33.0 Å². The lowest BCUT2D eigenvalue weighted by Crippen LogP contribution is -2.24. The minimum atomic E-state index is -0.228. The largest absolute Gasteiger partial charge is 0.373 e. The minimum absolute atomic E-state index is 0.228. The van der Waals surface area contributed by atoms with E-state index in [9.17, 15) is 0 Å². The number of epoxide rings is 1. The molecule has 0 spiro atoms. The van der Waals surface area contributed by atoms with Crippen LogP contribution in [-0.4, -0.2) is 45.4 Å². The van der Waals surface area contributed by atoms with Crippen molar-refractivity contribution in [2.24, 2.45) is 0 Å². The molecule has 0 radical (unpaired) electrons. The number of hydrogen-bond acceptors (Lipinski definition) is 4. The molecule has 1 unspecified atom stereocenters. The van der Waals surface area contributed by atoms with Crippen molar-refractivity contribution >= 4 is 0 Å².